The zero-order valence-electron chi connectivity index (χ0n) is 18.8. The van der Waals surface area contributed by atoms with Gasteiger partial charge in [0.1, 0.15) is 5.75 Å². The lowest BCUT2D eigenvalue weighted by Crippen LogP contribution is -2.12. The predicted octanol–water partition coefficient (Wildman–Crippen LogP) is 5.12. The van der Waals surface area contributed by atoms with Crippen LogP contribution in [0, 0.1) is 0 Å². The normalized spacial score (nSPS) is 10.4. The molecule has 0 aliphatic heterocycles. The number of nitrogens with one attached hydrogen (secondary N) is 2. The number of nitrogens with two attached hydrogens (primary N) is 2. The van der Waals surface area contributed by atoms with Gasteiger partial charge in [-0.3, -0.25) is 9.59 Å². The fraction of sp³-hybridized carbons (Fsp3) is 0. The second kappa shape index (κ2) is 9.84. The molecule has 0 aliphatic rings. The SMILES string of the molecule is C=C(c1ccc(C(=O)Nc2ccc(N)cc2)cc1)c1ccc(C(=O)Nc2cc(N)ccc2O)cc1. The fourth-order valence-electron chi connectivity index (χ4n) is 3.43. The van der Waals surface area contributed by atoms with Gasteiger partial charge >= 0.3 is 0 Å². The topological polar surface area (TPSA) is 130 Å². The molecule has 7 heteroatoms. The van der Waals surface area contributed by atoms with E-state index in [-0.39, 0.29) is 23.3 Å². The molecule has 4 rings (SSSR count). The lowest BCUT2D eigenvalue weighted by Gasteiger charge is -2.11. The number of phenols is 1. The molecule has 7 nitrogen and oxygen atoms in total. The van der Waals surface area contributed by atoms with Gasteiger partial charge in [-0.2, -0.15) is 0 Å². The highest BCUT2D eigenvalue weighted by molar-refractivity contribution is 6.06. The highest BCUT2D eigenvalue weighted by Crippen LogP contribution is 2.27. The largest absolute Gasteiger partial charge is 0.506 e. The maximum atomic E-state index is 12.5. The molecular formula is C28H24N4O3. The Hall–Kier alpha value is -5.04. The molecule has 0 fully saturated rings. The minimum Gasteiger partial charge on any atom is -0.506 e. The van der Waals surface area contributed by atoms with Gasteiger partial charge in [-0.1, -0.05) is 30.8 Å². The number of phenolic OH excluding ortho intramolecular Hbond substituents is 1. The van der Waals surface area contributed by atoms with E-state index in [1.807, 2.05) is 12.1 Å². The maximum Gasteiger partial charge on any atom is 0.255 e. The molecule has 0 aromatic heterocycles. The molecule has 4 aromatic carbocycles. The van der Waals surface area contributed by atoms with Crippen LogP contribution in [0.4, 0.5) is 22.7 Å². The average molecular weight is 465 g/mol. The third kappa shape index (κ3) is 5.48. The van der Waals surface area contributed by atoms with E-state index in [4.69, 9.17) is 11.5 Å². The summed E-state index contributed by atoms with van der Waals surface area (Å²) >= 11 is 0. The highest BCUT2D eigenvalue weighted by atomic mass is 16.3. The molecule has 4 aromatic rings. The average Bonchev–Trinajstić information content (AvgIpc) is 2.87. The van der Waals surface area contributed by atoms with Crippen molar-refractivity contribution in [3.05, 3.63) is 120 Å². The van der Waals surface area contributed by atoms with E-state index in [0.29, 0.717) is 28.2 Å². The number of hydrogen-bond donors (Lipinski definition) is 5. The zero-order chi connectivity index (χ0) is 24.9. The van der Waals surface area contributed by atoms with Crippen molar-refractivity contribution in [3.8, 4) is 5.75 Å². The summed E-state index contributed by atoms with van der Waals surface area (Å²) in [6, 6.07) is 25.4. The molecule has 2 amide bonds. The monoisotopic (exact) mass is 464 g/mol. The number of rotatable bonds is 6. The van der Waals surface area contributed by atoms with E-state index in [0.717, 1.165) is 16.7 Å². The molecule has 0 unspecified atom stereocenters. The van der Waals surface area contributed by atoms with Gasteiger partial charge in [0, 0.05) is 28.2 Å². The Balaban J connectivity index is 1.41. The summed E-state index contributed by atoms with van der Waals surface area (Å²) in [6.45, 7) is 4.15. The van der Waals surface area contributed by atoms with Gasteiger partial charge < -0.3 is 27.2 Å². The van der Waals surface area contributed by atoms with E-state index in [9.17, 15) is 14.7 Å². The number of anilines is 4. The Morgan fingerprint density at radius 3 is 1.63 bits per heavy atom. The highest BCUT2D eigenvalue weighted by Gasteiger charge is 2.11. The summed E-state index contributed by atoms with van der Waals surface area (Å²) < 4.78 is 0. The van der Waals surface area contributed by atoms with Crippen LogP contribution in [-0.2, 0) is 0 Å². The molecule has 35 heavy (non-hydrogen) atoms. The molecule has 174 valence electrons. The minimum absolute atomic E-state index is 0.0665. The van der Waals surface area contributed by atoms with Crippen molar-refractivity contribution in [1.82, 2.24) is 0 Å². The van der Waals surface area contributed by atoms with Gasteiger partial charge in [-0.05, 0) is 83.4 Å². The molecule has 0 aliphatic carbocycles. The van der Waals surface area contributed by atoms with E-state index in [2.05, 4.69) is 17.2 Å². The molecule has 0 saturated heterocycles. The van der Waals surface area contributed by atoms with Crippen LogP contribution in [0.3, 0.4) is 0 Å². The summed E-state index contributed by atoms with van der Waals surface area (Å²) in [4.78, 5) is 25.0. The molecule has 0 spiro atoms. The van der Waals surface area contributed by atoms with Crippen LogP contribution in [0.2, 0.25) is 0 Å². The maximum absolute atomic E-state index is 12.5. The van der Waals surface area contributed by atoms with Gasteiger partial charge in [0.25, 0.3) is 11.8 Å². The van der Waals surface area contributed by atoms with Crippen LogP contribution in [0.15, 0.2) is 97.6 Å². The van der Waals surface area contributed by atoms with Crippen LogP contribution >= 0.6 is 0 Å². The van der Waals surface area contributed by atoms with Crippen molar-refractivity contribution in [2.45, 2.75) is 0 Å². The van der Waals surface area contributed by atoms with E-state index in [1.54, 1.807) is 66.7 Å². The number of carbonyl (C=O) groups excluding carboxylic acids is 2. The second-order valence-electron chi connectivity index (χ2n) is 7.94. The number of nitrogen functional groups attached to an aromatic ring is 2. The van der Waals surface area contributed by atoms with Gasteiger partial charge in [-0.25, -0.2) is 0 Å². The molecule has 0 atom stereocenters. The number of benzene rings is 4. The first kappa shape index (κ1) is 23.1. The number of aromatic hydroxyl groups is 1. The van der Waals surface area contributed by atoms with Crippen LogP contribution in [0.1, 0.15) is 31.8 Å². The van der Waals surface area contributed by atoms with Gasteiger partial charge in [0.15, 0.2) is 0 Å². The zero-order valence-corrected chi connectivity index (χ0v) is 18.8. The first-order valence-electron chi connectivity index (χ1n) is 10.8. The van der Waals surface area contributed by atoms with Crippen LogP contribution in [-0.4, -0.2) is 16.9 Å². The molecule has 0 radical (unpaired) electrons. The van der Waals surface area contributed by atoms with Crippen molar-refractivity contribution in [2.24, 2.45) is 0 Å². The minimum atomic E-state index is -0.375. The summed E-state index contributed by atoms with van der Waals surface area (Å²) in [5, 5.41) is 15.4. The number of amides is 2. The summed E-state index contributed by atoms with van der Waals surface area (Å²) in [7, 11) is 0. The second-order valence-corrected chi connectivity index (χ2v) is 7.94. The summed E-state index contributed by atoms with van der Waals surface area (Å²) in [5.74, 6) is -0.670. The molecule has 0 saturated carbocycles. The summed E-state index contributed by atoms with van der Waals surface area (Å²) in [5.41, 5.74) is 16.7. The first-order chi connectivity index (χ1) is 16.8. The van der Waals surface area contributed by atoms with E-state index >= 15 is 0 Å². The first-order valence-corrected chi connectivity index (χ1v) is 10.8. The number of carbonyl (C=O) groups is 2. The van der Waals surface area contributed by atoms with Gasteiger partial charge in [0.05, 0.1) is 5.69 Å². The molecular weight excluding hydrogens is 440 g/mol. The van der Waals surface area contributed by atoms with Crippen LogP contribution < -0.4 is 22.1 Å². The quantitative estimate of drug-likeness (QED) is 0.154. The third-order valence-electron chi connectivity index (χ3n) is 5.43. The Morgan fingerprint density at radius 2 is 1.09 bits per heavy atom. The Morgan fingerprint density at radius 1 is 0.629 bits per heavy atom. The van der Waals surface area contributed by atoms with Crippen LogP contribution in [0.5, 0.6) is 5.75 Å². The third-order valence-corrected chi connectivity index (χ3v) is 5.43. The van der Waals surface area contributed by atoms with Crippen LogP contribution in [0.25, 0.3) is 5.57 Å². The van der Waals surface area contributed by atoms with E-state index < -0.39 is 0 Å². The molecule has 0 heterocycles. The van der Waals surface area contributed by atoms with Crippen molar-refractivity contribution < 1.29 is 14.7 Å². The fourth-order valence-corrected chi connectivity index (χ4v) is 3.43. The molecule has 0 bridgehead atoms. The van der Waals surface area contributed by atoms with E-state index in [1.165, 1.54) is 12.1 Å². The van der Waals surface area contributed by atoms with Crippen molar-refractivity contribution in [1.29, 1.82) is 0 Å². The van der Waals surface area contributed by atoms with Gasteiger partial charge in [0.2, 0.25) is 0 Å². The Bertz CT molecular complexity index is 1390. The predicted molar refractivity (Wildman–Crippen MR) is 140 cm³/mol. The lowest BCUT2D eigenvalue weighted by molar-refractivity contribution is 0.101. The number of hydrogen-bond acceptors (Lipinski definition) is 5. The van der Waals surface area contributed by atoms with Crippen molar-refractivity contribution in [2.75, 3.05) is 22.1 Å². The Kier molecular flexibility index (Phi) is 6.50. The lowest BCUT2D eigenvalue weighted by atomic mass is 9.97. The summed E-state index contributed by atoms with van der Waals surface area (Å²) in [6.07, 6.45) is 0. The smallest absolute Gasteiger partial charge is 0.255 e. The van der Waals surface area contributed by atoms with Crippen molar-refractivity contribution >= 4 is 40.1 Å². The van der Waals surface area contributed by atoms with Gasteiger partial charge in [-0.15, -0.1) is 0 Å². The standard InChI is InChI=1S/C28H24N4O3/c1-17(18-2-6-20(7-3-18)27(34)31-24-13-10-22(29)11-14-24)19-4-8-21(9-5-19)28(35)32-25-16-23(30)12-15-26(25)33/h2-16,33H,1,29-30H2,(H,31,34)(H,32,35). The Labute approximate surface area is 202 Å². The molecule has 7 N–H and O–H groups in total. The van der Waals surface area contributed by atoms with Crippen molar-refractivity contribution in [3.63, 3.8) is 0 Å².